The smallest absolute Gasteiger partial charge is 0.284 e. The van der Waals surface area contributed by atoms with Crippen LogP contribution in [0.25, 0.3) is 0 Å². The van der Waals surface area contributed by atoms with E-state index < -0.39 is 5.56 Å². The monoisotopic (exact) mass is 339 g/mol. The van der Waals surface area contributed by atoms with E-state index >= 15 is 0 Å². The first-order valence-corrected chi connectivity index (χ1v) is 6.58. The highest BCUT2D eigenvalue weighted by molar-refractivity contribution is 9.10. The van der Waals surface area contributed by atoms with Gasteiger partial charge in [-0.25, -0.2) is 9.37 Å². The van der Waals surface area contributed by atoms with Crippen LogP contribution >= 0.6 is 15.9 Å². The van der Waals surface area contributed by atoms with E-state index in [9.17, 15) is 14.0 Å². The summed E-state index contributed by atoms with van der Waals surface area (Å²) in [6, 6.07) is 6.18. The predicted octanol–water partition coefficient (Wildman–Crippen LogP) is 1.46. The van der Waals surface area contributed by atoms with E-state index in [0.717, 1.165) is 0 Å². The van der Waals surface area contributed by atoms with Crippen molar-refractivity contribution in [2.75, 3.05) is 0 Å². The van der Waals surface area contributed by atoms with Crippen molar-refractivity contribution in [3.8, 4) is 0 Å². The molecule has 20 heavy (non-hydrogen) atoms. The number of nitrogens with one attached hydrogen (secondary N) is 1. The maximum atomic E-state index is 13.4. The lowest BCUT2D eigenvalue weighted by molar-refractivity contribution is -0.121. The quantitative estimate of drug-likeness (QED) is 0.917. The summed E-state index contributed by atoms with van der Waals surface area (Å²) in [5.41, 5.74) is -0.00218. The molecule has 7 heteroatoms. The van der Waals surface area contributed by atoms with Crippen LogP contribution in [0.1, 0.15) is 5.56 Å². The second kappa shape index (κ2) is 6.42. The van der Waals surface area contributed by atoms with Crippen LogP contribution in [0.3, 0.4) is 0 Å². The number of nitrogens with zero attached hydrogens (tertiary/aromatic N) is 2. The van der Waals surface area contributed by atoms with E-state index in [1.807, 2.05) is 0 Å². The van der Waals surface area contributed by atoms with Crippen molar-refractivity contribution in [2.45, 2.75) is 13.1 Å². The summed E-state index contributed by atoms with van der Waals surface area (Å²) >= 11 is 3.00. The summed E-state index contributed by atoms with van der Waals surface area (Å²) in [6.07, 6.45) is 2.82. The maximum Gasteiger partial charge on any atom is 0.284 e. The van der Waals surface area contributed by atoms with Gasteiger partial charge in [-0.3, -0.25) is 9.59 Å². The normalized spacial score (nSPS) is 10.3. The minimum absolute atomic E-state index is 0.0759. The van der Waals surface area contributed by atoms with Gasteiger partial charge in [0.15, 0.2) is 4.60 Å². The molecule has 0 atom stereocenters. The molecule has 2 rings (SSSR count). The Kier molecular flexibility index (Phi) is 4.62. The Morgan fingerprint density at radius 2 is 2.15 bits per heavy atom. The summed E-state index contributed by atoms with van der Waals surface area (Å²) in [5.74, 6) is -0.759. The number of carbonyl (C=O) groups excluding carboxylic acids is 1. The zero-order valence-electron chi connectivity index (χ0n) is 10.3. The Hall–Kier alpha value is -2.02. The number of carbonyl (C=O) groups is 1. The number of hydrogen-bond donors (Lipinski definition) is 1. The Morgan fingerprint density at radius 3 is 2.90 bits per heavy atom. The van der Waals surface area contributed by atoms with Gasteiger partial charge in [0.1, 0.15) is 12.4 Å². The largest absolute Gasteiger partial charge is 0.350 e. The molecule has 104 valence electrons. The Bertz CT molecular complexity index is 687. The molecule has 0 bridgehead atoms. The molecule has 5 nitrogen and oxygen atoms in total. The summed E-state index contributed by atoms with van der Waals surface area (Å²) in [6.45, 7) is -0.0685. The van der Waals surface area contributed by atoms with Gasteiger partial charge in [-0.1, -0.05) is 18.2 Å². The fraction of sp³-hybridized carbons (Fsp3) is 0.154. The fourth-order valence-electron chi connectivity index (χ4n) is 1.59. The highest BCUT2D eigenvalue weighted by Crippen LogP contribution is 2.05. The molecule has 0 saturated carbocycles. The number of rotatable bonds is 4. The first-order chi connectivity index (χ1) is 9.58. The summed E-state index contributed by atoms with van der Waals surface area (Å²) in [5, 5.41) is 2.56. The van der Waals surface area contributed by atoms with Crippen LogP contribution in [-0.2, 0) is 17.9 Å². The van der Waals surface area contributed by atoms with Gasteiger partial charge >= 0.3 is 0 Å². The number of benzene rings is 1. The highest BCUT2D eigenvalue weighted by atomic mass is 79.9. The standard InChI is InChI=1S/C13H11BrFN3O2/c14-12-13(20)18(6-5-16-12)8-11(19)17-7-9-3-1-2-4-10(9)15/h1-6H,7-8H2,(H,17,19). The fourth-order valence-corrected chi connectivity index (χ4v) is 1.94. The van der Waals surface area contributed by atoms with E-state index in [2.05, 4.69) is 26.2 Å². The third-order valence-corrected chi connectivity index (χ3v) is 3.16. The molecule has 1 aromatic heterocycles. The van der Waals surface area contributed by atoms with E-state index in [1.54, 1.807) is 18.2 Å². The molecule has 1 N–H and O–H groups in total. The van der Waals surface area contributed by atoms with Crippen molar-refractivity contribution >= 4 is 21.8 Å². The number of hydrogen-bond acceptors (Lipinski definition) is 3. The Labute approximate surface area is 122 Å². The molecule has 0 unspecified atom stereocenters. The van der Waals surface area contributed by atoms with Crippen molar-refractivity contribution in [1.29, 1.82) is 0 Å². The van der Waals surface area contributed by atoms with E-state index in [-0.39, 0.29) is 29.4 Å². The van der Waals surface area contributed by atoms with Crippen LogP contribution in [0, 0.1) is 5.82 Å². The van der Waals surface area contributed by atoms with E-state index in [0.29, 0.717) is 5.56 Å². The van der Waals surface area contributed by atoms with Crippen LogP contribution in [0.15, 0.2) is 46.1 Å². The second-order valence-corrected chi connectivity index (χ2v) is 4.77. The average molecular weight is 340 g/mol. The van der Waals surface area contributed by atoms with Gasteiger partial charge in [0.2, 0.25) is 5.91 Å². The first-order valence-electron chi connectivity index (χ1n) is 5.79. The van der Waals surface area contributed by atoms with Crippen LogP contribution in [0.5, 0.6) is 0 Å². The predicted molar refractivity (Wildman–Crippen MR) is 74.4 cm³/mol. The molecule has 1 aromatic carbocycles. The van der Waals surface area contributed by atoms with Gasteiger partial charge in [0.25, 0.3) is 5.56 Å². The molecule has 0 aliphatic heterocycles. The maximum absolute atomic E-state index is 13.4. The lowest BCUT2D eigenvalue weighted by atomic mass is 10.2. The molecule has 1 amide bonds. The van der Waals surface area contributed by atoms with Crippen molar-refractivity contribution in [1.82, 2.24) is 14.9 Å². The number of aromatic nitrogens is 2. The Morgan fingerprint density at radius 1 is 1.40 bits per heavy atom. The Balaban J connectivity index is 1.98. The molecule has 1 heterocycles. The molecule has 0 aliphatic rings. The van der Waals surface area contributed by atoms with Gasteiger partial charge < -0.3 is 9.88 Å². The molecule has 0 fully saturated rings. The van der Waals surface area contributed by atoms with Crippen LogP contribution in [0.4, 0.5) is 4.39 Å². The number of amides is 1. The average Bonchev–Trinajstić information content (AvgIpc) is 2.43. The lowest BCUT2D eigenvalue weighted by Crippen LogP contribution is -2.32. The second-order valence-electron chi connectivity index (χ2n) is 4.02. The van der Waals surface area contributed by atoms with Crippen LogP contribution < -0.4 is 10.9 Å². The molecular formula is C13H11BrFN3O2. The zero-order valence-corrected chi connectivity index (χ0v) is 11.9. The van der Waals surface area contributed by atoms with Gasteiger partial charge in [0, 0.05) is 24.5 Å². The first kappa shape index (κ1) is 14.4. The SMILES string of the molecule is O=C(Cn1ccnc(Br)c1=O)NCc1ccccc1F. The van der Waals surface area contributed by atoms with Crippen molar-refractivity contribution in [2.24, 2.45) is 0 Å². The molecular weight excluding hydrogens is 329 g/mol. The van der Waals surface area contributed by atoms with Crippen molar-refractivity contribution in [3.05, 3.63) is 63.0 Å². The molecule has 0 spiro atoms. The minimum Gasteiger partial charge on any atom is -0.350 e. The highest BCUT2D eigenvalue weighted by Gasteiger charge is 2.08. The number of halogens is 2. The van der Waals surface area contributed by atoms with Gasteiger partial charge in [-0.15, -0.1) is 0 Å². The van der Waals surface area contributed by atoms with Gasteiger partial charge in [-0.05, 0) is 22.0 Å². The van der Waals surface area contributed by atoms with Crippen LogP contribution in [0.2, 0.25) is 0 Å². The van der Waals surface area contributed by atoms with Gasteiger partial charge in [0.05, 0.1) is 0 Å². The summed E-state index contributed by atoms with van der Waals surface area (Å²) < 4.78 is 14.7. The topological polar surface area (TPSA) is 64.0 Å². The third-order valence-electron chi connectivity index (χ3n) is 2.62. The van der Waals surface area contributed by atoms with Crippen molar-refractivity contribution < 1.29 is 9.18 Å². The lowest BCUT2D eigenvalue weighted by Gasteiger charge is -2.08. The molecule has 2 aromatic rings. The van der Waals surface area contributed by atoms with Gasteiger partial charge in [-0.2, -0.15) is 0 Å². The zero-order chi connectivity index (χ0) is 14.5. The van der Waals surface area contributed by atoms with E-state index in [1.165, 1.54) is 23.0 Å². The molecule has 0 radical (unpaired) electrons. The third kappa shape index (κ3) is 3.51. The molecule has 0 aliphatic carbocycles. The summed E-state index contributed by atoms with van der Waals surface area (Å²) in [7, 11) is 0. The van der Waals surface area contributed by atoms with E-state index in [4.69, 9.17) is 0 Å². The summed E-state index contributed by atoms with van der Waals surface area (Å²) in [4.78, 5) is 27.1. The van der Waals surface area contributed by atoms with Crippen molar-refractivity contribution in [3.63, 3.8) is 0 Å². The van der Waals surface area contributed by atoms with Crippen LogP contribution in [-0.4, -0.2) is 15.5 Å². The minimum atomic E-state index is -0.395. The molecule has 0 saturated heterocycles.